The second kappa shape index (κ2) is 6.11. The van der Waals surface area contributed by atoms with Crippen LogP contribution in [0.5, 0.6) is 0 Å². The molecule has 2 atom stereocenters. The Balaban J connectivity index is 1.72. The number of carbonyl (C=O) groups excluding carboxylic acids is 1. The molecule has 2 bridgehead atoms. The van der Waals surface area contributed by atoms with E-state index in [0.717, 1.165) is 37.7 Å². The van der Waals surface area contributed by atoms with Gasteiger partial charge in [0.05, 0.1) is 11.6 Å². The fourth-order valence-electron chi connectivity index (χ4n) is 3.61. The zero-order valence-electron chi connectivity index (χ0n) is 12.0. The maximum atomic E-state index is 12.6. The highest BCUT2D eigenvalue weighted by Gasteiger charge is 2.40. The number of fused-ring (bicyclic) bond motifs is 2. The van der Waals surface area contributed by atoms with Gasteiger partial charge in [0, 0.05) is 33.6 Å². The van der Waals surface area contributed by atoms with Gasteiger partial charge < -0.3 is 0 Å². The lowest BCUT2D eigenvalue weighted by molar-refractivity contribution is -0.122. The predicted octanol–water partition coefficient (Wildman–Crippen LogP) is 2.75. The van der Waals surface area contributed by atoms with E-state index in [4.69, 9.17) is 5.26 Å². The summed E-state index contributed by atoms with van der Waals surface area (Å²) in [5.41, 5.74) is 1.41. The molecule has 0 radical (unpaired) electrons. The van der Waals surface area contributed by atoms with E-state index in [1.807, 2.05) is 18.2 Å². The molecular formula is C17H19NO2S. The van der Waals surface area contributed by atoms with Crippen LogP contribution in [0, 0.1) is 17.2 Å². The third-order valence-electron chi connectivity index (χ3n) is 4.76. The zero-order valence-corrected chi connectivity index (χ0v) is 12.8. The fraction of sp³-hybridized carbons (Fsp3) is 0.529. The number of nitrogens with zero attached hydrogens (tertiary/aromatic N) is 1. The lowest BCUT2D eigenvalue weighted by atomic mass is 9.84. The first-order valence-electron chi connectivity index (χ1n) is 7.59. The summed E-state index contributed by atoms with van der Waals surface area (Å²) in [5, 5.41) is 9.55. The molecule has 3 nitrogen and oxygen atoms in total. The van der Waals surface area contributed by atoms with Crippen molar-refractivity contribution in [1.29, 1.82) is 5.26 Å². The standard InChI is InChI=1S/C17H19NO2S/c18-11-13-5-2-1-4-12(13)10-17(19)14-8-15-6-3-7-16(9-14)21(15)20/h1-2,4-5,14-16H,3,6-10H2. The van der Waals surface area contributed by atoms with Gasteiger partial charge in [-0.2, -0.15) is 5.26 Å². The molecule has 0 N–H and O–H groups in total. The summed E-state index contributed by atoms with van der Waals surface area (Å²) >= 11 is 0. The van der Waals surface area contributed by atoms with Crippen LogP contribution in [0.1, 0.15) is 43.2 Å². The van der Waals surface area contributed by atoms with Crippen LogP contribution in [0.4, 0.5) is 0 Å². The molecule has 2 aliphatic heterocycles. The fourth-order valence-corrected chi connectivity index (χ4v) is 5.80. The highest BCUT2D eigenvalue weighted by Crippen LogP contribution is 2.37. The maximum Gasteiger partial charge on any atom is 0.140 e. The molecule has 4 heteroatoms. The van der Waals surface area contributed by atoms with Crippen molar-refractivity contribution in [1.82, 2.24) is 0 Å². The number of nitriles is 1. The Labute approximate surface area is 127 Å². The van der Waals surface area contributed by atoms with Crippen LogP contribution < -0.4 is 0 Å². The molecule has 0 saturated carbocycles. The van der Waals surface area contributed by atoms with E-state index >= 15 is 0 Å². The molecule has 21 heavy (non-hydrogen) atoms. The number of carbonyl (C=O) groups is 1. The molecule has 1 aromatic carbocycles. The number of ketones is 1. The van der Waals surface area contributed by atoms with Gasteiger partial charge in [0.1, 0.15) is 5.78 Å². The Kier molecular flexibility index (Phi) is 4.21. The Morgan fingerprint density at radius 2 is 1.90 bits per heavy atom. The molecule has 1 aromatic rings. The van der Waals surface area contributed by atoms with Crippen molar-refractivity contribution < 1.29 is 9.00 Å². The van der Waals surface area contributed by atoms with E-state index in [1.165, 1.54) is 0 Å². The first-order chi connectivity index (χ1) is 10.2. The molecule has 0 amide bonds. The molecule has 0 aromatic heterocycles. The van der Waals surface area contributed by atoms with Crippen molar-refractivity contribution in [3.05, 3.63) is 35.4 Å². The van der Waals surface area contributed by atoms with Gasteiger partial charge in [0.15, 0.2) is 0 Å². The minimum absolute atomic E-state index is 0.0322. The van der Waals surface area contributed by atoms with Crippen molar-refractivity contribution in [3.8, 4) is 6.07 Å². The molecule has 2 unspecified atom stereocenters. The lowest BCUT2D eigenvalue weighted by Gasteiger charge is -2.37. The van der Waals surface area contributed by atoms with Crippen LogP contribution in [0.3, 0.4) is 0 Å². The van der Waals surface area contributed by atoms with Gasteiger partial charge in [-0.15, -0.1) is 0 Å². The molecule has 2 heterocycles. The monoisotopic (exact) mass is 301 g/mol. The van der Waals surface area contributed by atoms with E-state index in [-0.39, 0.29) is 22.2 Å². The van der Waals surface area contributed by atoms with Crippen LogP contribution in [0.25, 0.3) is 0 Å². The average molecular weight is 301 g/mol. The Hall–Kier alpha value is -1.47. The van der Waals surface area contributed by atoms with Crippen molar-refractivity contribution in [2.45, 2.75) is 49.0 Å². The summed E-state index contributed by atoms with van der Waals surface area (Å²) in [6.07, 6.45) is 5.04. The molecule has 2 aliphatic rings. The largest absolute Gasteiger partial charge is 0.299 e. The summed E-state index contributed by atoms with van der Waals surface area (Å²) in [5.74, 6) is 0.246. The van der Waals surface area contributed by atoms with Crippen LogP contribution in [0.2, 0.25) is 0 Å². The minimum atomic E-state index is -0.730. The second-order valence-corrected chi connectivity index (χ2v) is 8.07. The van der Waals surface area contributed by atoms with Crippen LogP contribution in [-0.4, -0.2) is 20.5 Å². The maximum absolute atomic E-state index is 12.6. The third-order valence-corrected chi connectivity index (χ3v) is 6.93. The molecule has 0 aliphatic carbocycles. The number of benzene rings is 1. The first kappa shape index (κ1) is 14.5. The highest BCUT2D eigenvalue weighted by molar-refractivity contribution is 7.86. The summed E-state index contributed by atoms with van der Waals surface area (Å²) in [7, 11) is -0.730. The van der Waals surface area contributed by atoms with E-state index < -0.39 is 10.8 Å². The van der Waals surface area contributed by atoms with Gasteiger partial charge in [0.2, 0.25) is 0 Å². The predicted molar refractivity (Wildman–Crippen MR) is 82.2 cm³/mol. The Morgan fingerprint density at radius 3 is 2.57 bits per heavy atom. The van der Waals surface area contributed by atoms with Gasteiger partial charge in [-0.3, -0.25) is 9.00 Å². The lowest BCUT2D eigenvalue weighted by Crippen LogP contribution is -2.41. The molecule has 3 rings (SSSR count). The molecule has 2 saturated heterocycles. The van der Waals surface area contributed by atoms with Crippen molar-refractivity contribution in [2.24, 2.45) is 5.92 Å². The second-order valence-electron chi connectivity index (χ2n) is 6.08. The highest BCUT2D eigenvalue weighted by atomic mass is 32.2. The number of rotatable bonds is 3. The summed E-state index contributed by atoms with van der Waals surface area (Å²) in [6.45, 7) is 0. The topological polar surface area (TPSA) is 57.9 Å². The number of hydrogen-bond donors (Lipinski definition) is 0. The number of hydrogen-bond acceptors (Lipinski definition) is 3. The van der Waals surface area contributed by atoms with Gasteiger partial charge >= 0.3 is 0 Å². The van der Waals surface area contributed by atoms with Crippen LogP contribution >= 0.6 is 0 Å². The smallest absolute Gasteiger partial charge is 0.140 e. The SMILES string of the molecule is N#Cc1ccccc1CC(=O)C1CC2CCCC(C1)S2=O. The Morgan fingerprint density at radius 1 is 1.24 bits per heavy atom. The minimum Gasteiger partial charge on any atom is -0.299 e. The van der Waals surface area contributed by atoms with Crippen LogP contribution in [0.15, 0.2) is 24.3 Å². The van der Waals surface area contributed by atoms with Crippen LogP contribution in [-0.2, 0) is 22.0 Å². The summed E-state index contributed by atoms with van der Waals surface area (Å²) in [4.78, 5) is 12.6. The zero-order chi connectivity index (χ0) is 14.8. The van der Waals surface area contributed by atoms with Crippen molar-refractivity contribution in [3.63, 3.8) is 0 Å². The normalized spacial score (nSPS) is 31.4. The molecule has 110 valence electrons. The number of Topliss-reactive ketones (excluding diaryl/α,β-unsaturated/α-hetero) is 1. The molecule has 2 fully saturated rings. The van der Waals surface area contributed by atoms with Crippen molar-refractivity contribution in [2.75, 3.05) is 0 Å². The van der Waals surface area contributed by atoms with Gasteiger partial charge in [-0.1, -0.05) is 24.6 Å². The van der Waals surface area contributed by atoms with Crippen molar-refractivity contribution >= 4 is 16.6 Å². The van der Waals surface area contributed by atoms with Gasteiger partial charge in [0.25, 0.3) is 0 Å². The summed E-state index contributed by atoms with van der Waals surface area (Å²) in [6, 6.07) is 9.46. The van der Waals surface area contributed by atoms with Gasteiger partial charge in [-0.05, 0) is 37.3 Å². The Bertz CT molecular complexity index is 603. The van der Waals surface area contributed by atoms with E-state index in [1.54, 1.807) is 6.07 Å². The molecular weight excluding hydrogens is 282 g/mol. The quantitative estimate of drug-likeness (QED) is 0.862. The first-order valence-corrected chi connectivity index (χ1v) is 8.86. The third kappa shape index (κ3) is 2.94. The summed E-state index contributed by atoms with van der Waals surface area (Å²) < 4.78 is 12.2. The van der Waals surface area contributed by atoms with E-state index in [2.05, 4.69) is 6.07 Å². The van der Waals surface area contributed by atoms with E-state index in [9.17, 15) is 9.00 Å². The van der Waals surface area contributed by atoms with E-state index in [0.29, 0.717) is 12.0 Å². The van der Waals surface area contributed by atoms with Gasteiger partial charge in [-0.25, -0.2) is 0 Å². The molecule has 0 spiro atoms. The average Bonchev–Trinajstić information content (AvgIpc) is 2.47.